The van der Waals surface area contributed by atoms with Crippen molar-refractivity contribution in [1.82, 2.24) is 4.90 Å². The minimum Gasteiger partial charge on any atom is -0.347 e. The molecule has 4 unspecified atom stereocenters. The van der Waals surface area contributed by atoms with Crippen molar-refractivity contribution in [2.24, 2.45) is 11.7 Å². The molecule has 4 fully saturated rings. The van der Waals surface area contributed by atoms with Crippen LogP contribution < -0.4 is 5.73 Å². The SMILES string of the molecule is NC1CCC2(CC1N1CC3CCC1C3)OCCO2. The summed E-state index contributed by atoms with van der Waals surface area (Å²) in [5.74, 6) is 0.646. The first kappa shape index (κ1) is 11.6. The van der Waals surface area contributed by atoms with Gasteiger partial charge >= 0.3 is 0 Å². The molecule has 4 heteroatoms. The molecule has 2 saturated carbocycles. The van der Waals surface area contributed by atoms with Gasteiger partial charge in [-0.05, 0) is 31.6 Å². The van der Waals surface area contributed by atoms with Crippen molar-refractivity contribution < 1.29 is 9.47 Å². The molecule has 0 aromatic carbocycles. The van der Waals surface area contributed by atoms with Gasteiger partial charge in [0.1, 0.15) is 0 Å². The number of rotatable bonds is 1. The number of nitrogens with two attached hydrogens (primary N) is 1. The molecule has 2 aliphatic heterocycles. The largest absolute Gasteiger partial charge is 0.347 e. The van der Waals surface area contributed by atoms with Crippen molar-refractivity contribution in [3.63, 3.8) is 0 Å². The van der Waals surface area contributed by atoms with Crippen molar-refractivity contribution in [1.29, 1.82) is 0 Å². The fourth-order valence-electron chi connectivity index (χ4n) is 4.64. The molecule has 4 atom stereocenters. The van der Waals surface area contributed by atoms with E-state index in [0.29, 0.717) is 12.1 Å². The zero-order chi connectivity index (χ0) is 12.2. The Morgan fingerprint density at radius 1 is 1.11 bits per heavy atom. The van der Waals surface area contributed by atoms with Gasteiger partial charge in [0.05, 0.1) is 13.2 Å². The molecule has 2 aliphatic carbocycles. The molecule has 102 valence electrons. The Morgan fingerprint density at radius 2 is 1.94 bits per heavy atom. The minimum atomic E-state index is -0.289. The first-order valence-electron chi connectivity index (χ1n) is 7.55. The second-order valence-electron chi connectivity index (χ2n) is 6.61. The van der Waals surface area contributed by atoms with E-state index in [4.69, 9.17) is 15.2 Å². The molecule has 2 saturated heterocycles. The van der Waals surface area contributed by atoms with Crippen LogP contribution >= 0.6 is 0 Å². The normalized spacial score (nSPS) is 47.2. The van der Waals surface area contributed by atoms with Crippen molar-refractivity contribution in [3.8, 4) is 0 Å². The highest BCUT2D eigenvalue weighted by atomic mass is 16.7. The van der Waals surface area contributed by atoms with E-state index in [1.54, 1.807) is 0 Å². The number of nitrogens with zero attached hydrogens (tertiary/aromatic N) is 1. The molecule has 0 amide bonds. The van der Waals surface area contributed by atoms with Crippen LogP contribution in [0.25, 0.3) is 0 Å². The van der Waals surface area contributed by atoms with Crippen LogP contribution in [0.15, 0.2) is 0 Å². The van der Waals surface area contributed by atoms with Crippen LogP contribution in [0.2, 0.25) is 0 Å². The van der Waals surface area contributed by atoms with E-state index in [2.05, 4.69) is 4.90 Å². The lowest BCUT2D eigenvalue weighted by Crippen LogP contribution is -2.58. The van der Waals surface area contributed by atoms with Crippen LogP contribution in [0.5, 0.6) is 0 Å². The Kier molecular flexibility index (Phi) is 2.70. The molecule has 0 aromatic rings. The topological polar surface area (TPSA) is 47.7 Å². The highest BCUT2D eigenvalue weighted by molar-refractivity contribution is 5.02. The van der Waals surface area contributed by atoms with Gasteiger partial charge in [-0.2, -0.15) is 0 Å². The standard InChI is InChI=1S/C14H24N2O2/c15-12-3-4-14(17-5-6-18-14)8-13(12)16-9-10-1-2-11(16)7-10/h10-13H,1-9,15H2. The average molecular weight is 252 g/mol. The van der Waals surface area contributed by atoms with Crippen LogP contribution in [0.4, 0.5) is 0 Å². The first-order valence-corrected chi connectivity index (χ1v) is 7.55. The molecule has 18 heavy (non-hydrogen) atoms. The smallest absolute Gasteiger partial charge is 0.170 e. The Morgan fingerprint density at radius 3 is 2.61 bits per heavy atom. The molecule has 0 radical (unpaired) electrons. The third-order valence-electron chi connectivity index (χ3n) is 5.56. The second kappa shape index (κ2) is 4.17. The van der Waals surface area contributed by atoms with Crippen molar-refractivity contribution in [2.45, 2.75) is 62.4 Å². The minimum absolute atomic E-state index is 0.289. The van der Waals surface area contributed by atoms with Crippen molar-refractivity contribution in [3.05, 3.63) is 0 Å². The lowest BCUT2D eigenvalue weighted by atomic mass is 9.84. The van der Waals surface area contributed by atoms with E-state index >= 15 is 0 Å². The molecule has 4 rings (SSSR count). The molecular formula is C14H24N2O2. The van der Waals surface area contributed by atoms with Crippen LogP contribution in [0.3, 0.4) is 0 Å². The summed E-state index contributed by atoms with van der Waals surface area (Å²) in [6.07, 6.45) is 7.21. The quantitative estimate of drug-likeness (QED) is 0.759. The molecule has 1 spiro atoms. The second-order valence-corrected chi connectivity index (χ2v) is 6.61. The van der Waals surface area contributed by atoms with Gasteiger partial charge < -0.3 is 15.2 Å². The summed E-state index contributed by atoms with van der Waals surface area (Å²) < 4.78 is 11.8. The maximum absolute atomic E-state index is 6.39. The van der Waals surface area contributed by atoms with Gasteiger partial charge in [0, 0.05) is 37.5 Å². The Labute approximate surface area is 109 Å². The van der Waals surface area contributed by atoms with Gasteiger partial charge in [-0.1, -0.05) is 0 Å². The molecule has 2 N–H and O–H groups in total. The molecule has 4 aliphatic rings. The summed E-state index contributed by atoms with van der Waals surface area (Å²) in [5, 5.41) is 0. The number of ether oxygens (including phenoxy) is 2. The third kappa shape index (κ3) is 1.73. The van der Waals surface area contributed by atoms with Gasteiger partial charge in [0.25, 0.3) is 0 Å². The number of hydrogen-bond acceptors (Lipinski definition) is 4. The lowest BCUT2D eigenvalue weighted by Gasteiger charge is -2.46. The Balaban J connectivity index is 1.52. The van der Waals surface area contributed by atoms with E-state index in [0.717, 1.165) is 44.4 Å². The monoisotopic (exact) mass is 252 g/mol. The van der Waals surface area contributed by atoms with Gasteiger partial charge in [-0.15, -0.1) is 0 Å². The number of hydrogen-bond donors (Lipinski definition) is 1. The molecule has 4 nitrogen and oxygen atoms in total. The van der Waals surface area contributed by atoms with Crippen LogP contribution in [-0.4, -0.2) is 48.6 Å². The molecule has 0 aromatic heterocycles. The lowest BCUT2D eigenvalue weighted by molar-refractivity contribution is -0.193. The number of piperidine rings is 1. The maximum atomic E-state index is 6.39. The molecule has 2 bridgehead atoms. The number of fused-ring (bicyclic) bond motifs is 2. The number of likely N-dealkylation sites (tertiary alicyclic amines) is 1. The van der Waals surface area contributed by atoms with E-state index < -0.39 is 0 Å². The summed E-state index contributed by atoms with van der Waals surface area (Å²) in [5.41, 5.74) is 6.39. The zero-order valence-corrected chi connectivity index (χ0v) is 11.0. The van der Waals surface area contributed by atoms with Crippen LogP contribution in [0, 0.1) is 5.92 Å². The van der Waals surface area contributed by atoms with Crippen molar-refractivity contribution >= 4 is 0 Å². The molecular weight excluding hydrogens is 228 g/mol. The van der Waals surface area contributed by atoms with Crippen molar-refractivity contribution in [2.75, 3.05) is 19.8 Å². The summed E-state index contributed by atoms with van der Waals surface area (Å²) in [6, 6.07) is 1.58. The van der Waals surface area contributed by atoms with E-state index in [-0.39, 0.29) is 5.79 Å². The Hall–Kier alpha value is -0.160. The van der Waals surface area contributed by atoms with Crippen LogP contribution in [0.1, 0.15) is 38.5 Å². The maximum Gasteiger partial charge on any atom is 0.170 e. The average Bonchev–Trinajstić information content (AvgIpc) is 3.09. The summed E-state index contributed by atoms with van der Waals surface area (Å²) >= 11 is 0. The predicted octanol–water partition coefficient (Wildman–Crippen LogP) is 1.09. The summed E-state index contributed by atoms with van der Waals surface area (Å²) in [7, 11) is 0. The predicted molar refractivity (Wildman–Crippen MR) is 68.1 cm³/mol. The summed E-state index contributed by atoms with van der Waals surface area (Å²) in [4.78, 5) is 2.69. The fourth-order valence-corrected chi connectivity index (χ4v) is 4.64. The van der Waals surface area contributed by atoms with Gasteiger partial charge in [-0.3, -0.25) is 4.90 Å². The zero-order valence-electron chi connectivity index (χ0n) is 11.0. The summed E-state index contributed by atoms with van der Waals surface area (Å²) in [6.45, 7) is 2.78. The van der Waals surface area contributed by atoms with E-state index in [1.807, 2.05) is 0 Å². The van der Waals surface area contributed by atoms with Gasteiger partial charge in [0.15, 0.2) is 5.79 Å². The van der Waals surface area contributed by atoms with Crippen LogP contribution in [-0.2, 0) is 9.47 Å². The van der Waals surface area contributed by atoms with Gasteiger partial charge in [0.2, 0.25) is 0 Å². The van der Waals surface area contributed by atoms with E-state index in [9.17, 15) is 0 Å². The highest BCUT2D eigenvalue weighted by Gasteiger charge is 2.50. The highest BCUT2D eigenvalue weighted by Crippen LogP contribution is 2.44. The first-order chi connectivity index (χ1) is 8.76. The van der Waals surface area contributed by atoms with Gasteiger partial charge in [-0.25, -0.2) is 0 Å². The van der Waals surface area contributed by atoms with E-state index in [1.165, 1.54) is 25.8 Å². The fraction of sp³-hybridized carbons (Fsp3) is 1.00. The molecule has 2 heterocycles. The Bertz CT molecular complexity index is 330. The third-order valence-corrected chi connectivity index (χ3v) is 5.56.